The number of nitrogens with zero attached hydrogens (tertiary/aromatic N) is 1. The number of anilines is 1. The summed E-state index contributed by atoms with van der Waals surface area (Å²) in [5.41, 5.74) is 5.75. The van der Waals surface area contributed by atoms with Gasteiger partial charge in [0.1, 0.15) is 6.26 Å². The molecule has 90 valence electrons. The van der Waals surface area contributed by atoms with Crippen LogP contribution in [0.2, 0.25) is 0 Å². The number of aliphatic hydroxyl groups is 1. The molecule has 0 aliphatic heterocycles. The van der Waals surface area contributed by atoms with Crippen molar-refractivity contribution >= 4 is 11.4 Å². The Balaban J connectivity index is 2.42. The normalized spacial score (nSPS) is 9.39. The summed E-state index contributed by atoms with van der Waals surface area (Å²) >= 11 is 0. The third-order valence-electron chi connectivity index (χ3n) is 2.73. The first-order valence-electron chi connectivity index (χ1n) is 5.76. The van der Waals surface area contributed by atoms with Gasteiger partial charge in [-0.3, -0.25) is 0 Å². The van der Waals surface area contributed by atoms with Crippen LogP contribution in [-0.2, 0) is 0 Å². The van der Waals surface area contributed by atoms with Crippen LogP contribution >= 0.6 is 0 Å². The maximum absolute atomic E-state index is 9.01. The maximum Gasteiger partial charge on any atom is 0.123 e. The molecule has 0 unspecified atom stereocenters. The van der Waals surface area contributed by atoms with Crippen molar-refractivity contribution in [3.63, 3.8) is 0 Å². The van der Waals surface area contributed by atoms with Crippen molar-refractivity contribution in [2.45, 2.75) is 0 Å². The smallest absolute Gasteiger partial charge is 0.123 e. The lowest BCUT2D eigenvalue weighted by Crippen LogP contribution is -2.14. The average Bonchev–Trinajstić information content (AvgIpc) is 2.46. The van der Waals surface area contributed by atoms with Crippen LogP contribution in [-0.4, -0.2) is 12.2 Å². The molecular weight excluding hydrogens is 222 g/mol. The Morgan fingerprint density at radius 3 is 2.11 bits per heavy atom. The zero-order valence-electron chi connectivity index (χ0n) is 10.2. The summed E-state index contributed by atoms with van der Waals surface area (Å²) in [6, 6.07) is 19.9. The SMILES string of the molecule is CN(C(=C=CO)c1ccccc1)c1ccccc1. The van der Waals surface area contributed by atoms with Crippen molar-refractivity contribution in [3.05, 3.63) is 78.2 Å². The second-order valence-electron chi connectivity index (χ2n) is 3.88. The predicted octanol–water partition coefficient (Wildman–Crippen LogP) is 3.83. The van der Waals surface area contributed by atoms with E-state index in [1.165, 1.54) is 0 Å². The summed E-state index contributed by atoms with van der Waals surface area (Å²) in [6.45, 7) is 0. The number of benzene rings is 2. The van der Waals surface area contributed by atoms with E-state index in [0.717, 1.165) is 23.2 Å². The number of aliphatic hydroxyl groups excluding tert-OH is 1. The molecule has 0 amide bonds. The molecule has 2 rings (SSSR count). The lowest BCUT2D eigenvalue weighted by atomic mass is 10.1. The third-order valence-corrected chi connectivity index (χ3v) is 2.73. The van der Waals surface area contributed by atoms with Crippen molar-refractivity contribution < 1.29 is 5.11 Å². The molecular formula is C16H15NO. The molecule has 0 atom stereocenters. The topological polar surface area (TPSA) is 23.5 Å². The molecule has 2 heteroatoms. The summed E-state index contributed by atoms with van der Waals surface area (Å²) in [5.74, 6) is 0. The molecule has 0 aliphatic carbocycles. The fourth-order valence-corrected chi connectivity index (χ4v) is 1.81. The fourth-order valence-electron chi connectivity index (χ4n) is 1.81. The first-order valence-corrected chi connectivity index (χ1v) is 5.76. The van der Waals surface area contributed by atoms with Crippen LogP contribution in [0.25, 0.3) is 5.70 Å². The summed E-state index contributed by atoms with van der Waals surface area (Å²) in [6.07, 6.45) is 0.946. The van der Waals surface area contributed by atoms with E-state index < -0.39 is 0 Å². The molecule has 18 heavy (non-hydrogen) atoms. The third kappa shape index (κ3) is 2.62. The van der Waals surface area contributed by atoms with Crippen LogP contribution in [0.4, 0.5) is 5.69 Å². The first kappa shape index (κ1) is 12.0. The van der Waals surface area contributed by atoms with E-state index in [4.69, 9.17) is 5.11 Å². The molecule has 2 aromatic rings. The zero-order valence-corrected chi connectivity index (χ0v) is 10.2. The second-order valence-corrected chi connectivity index (χ2v) is 3.88. The van der Waals surface area contributed by atoms with E-state index in [2.05, 4.69) is 5.73 Å². The molecule has 2 nitrogen and oxygen atoms in total. The first-order chi connectivity index (χ1) is 8.83. The monoisotopic (exact) mass is 237 g/mol. The largest absolute Gasteiger partial charge is 0.507 e. The Bertz CT molecular complexity index is 554. The van der Waals surface area contributed by atoms with Gasteiger partial charge in [-0.05, 0) is 12.1 Å². The van der Waals surface area contributed by atoms with Gasteiger partial charge < -0.3 is 10.0 Å². The van der Waals surface area contributed by atoms with Gasteiger partial charge in [0, 0.05) is 18.3 Å². The molecule has 0 heterocycles. The number of para-hydroxylation sites is 1. The quantitative estimate of drug-likeness (QED) is 0.647. The number of rotatable bonds is 3. The van der Waals surface area contributed by atoms with Crippen LogP contribution in [0.1, 0.15) is 5.56 Å². The zero-order chi connectivity index (χ0) is 12.8. The Morgan fingerprint density at radius 1 is 1.00 bits per heavy atom. The van der Waals surface area contributed by atoms with Crippen LogP contribution in [0.15, 0.2) is 72.7 Å². The molecule has 0 aromatic heterocycles. The minimum absolute atomic E-state index is 0.823. The molecule has 0 bridgehead atoms. The van der Waals surface area contributed by atoms with E-state index in [0.29, 0.717) is 0 Å². The van der Waals surface area contributed by atoms with Gasteiger partial charge in [0.25, 0.3) is 0 Å². The summed E-state index contributed by atoms with van der Waals surface area (Å²) in [7, 11) is 1.95. The van der Waals surface area contributed by atoms with Gasteiger partial charge in [-0.1, -0.05) is 54.3 Å². The molecule has 0 radical (unpaired) electrons. The van der Waals surface area contributed by atoms with Crippen LogP contribution < -0.4 is 4.90 Å². The molecule has 0 fully saturated rings. The molecule has 1 N–H and O–H groups in total. The number of hydrogen-bond acceptors (Lipinski definition) is 2. The van der Waals surface area contributed by atoms with Crippen LogP contribution in [0.3, 0.4) is 0 Å². The average molecular weight is 237 g/mol. The van der Waals surface area contributed by atoms with Crippen LogP contribution in [0, 0.1) is 0 Å². The van der Waals surface area contributed by atoms with Gasteiger partial charge in [0.2, 0.25) is 0 Å². The number of hydrogen-bond donors (Lipinski definition) is 1. The Labute approximate surface area is 107 Å². The Morgan fingerprint density at radius 2 is 1.56 bits per heavy atom. The molecule has 0 aliphatic rings. The molecule has 2 aromatic carbocycles. The minimum atomic E-state index is 0.823. The Kier molecular flexibility index (Phi) is 3.85. The van der Waals surface area contributed by atoms with Gasteiger partial charge >= 0.3 is 0 Å². The molecule has 0 spiro atoms. The molecule has 0 saturated heterocycles. The van der Waals surface area contributed by atoms with E-state index >= 15 is 0 Å². The summed E-state index contributed by atoms with van der Waals surface area (Å²) in [4.78, 5) is 1.99. The van der Waals surface area contributed by atoms with E-state index in [1.807, 2.05) is 72.6 Å². The standard InChI is InChI=1S/C16H15NO/c1-17(15-10-6-3-7-11-15)16(12-13-18)14-8-4-2-5-9-14/h2-11,13,18H,1H3. The van der Waals surface area contributed by atoms with Gasteiger partial charge in [-0.15, -0.1) is 0 Å². The Hall–Kier alpha value is -2.44. The van der Waals surface area contributed by atoms with E-state index in [1.54, 1.807) is 0 Å². The molecule has 0 saturated carbocycles. The highest BCUT2D eigenvalue weighted by atomic mass is 16.2. The summed E-state index contributed by atoms with van der Waals surface area (Å²) in [5, 5.41) is 9.01. The fraction of sp³-hybridized carbons (Fsp3) is 0.0625. The van der Waals surface area contributed by atoms with Gasteiger partial charge in [-0.25, -0.2) is 0 Å². The lowest BCUT2D eigenvalue weighted by Gasteiger charge is -2.21. The van der Waals surface area contributed by atoms with Crippen molar-refractivity contribution in [2.75, 3.05) is 11.9 Å². The van der Waals surface area contributed by atoms with Crippen molar-refractivity contribution in [1.82, 2.24) is 0 Å². The van der Waals surface area contributed by atoms with Crippen molar-refractivity contribution in [2.24, 2.45) is 0 Å². The van der Waals surface area contributed by atoms with Gasteiger partial charge in [0.15, 0.2) is 0 Å². The summed E-state index contributed by atoms with van der Waals surface area (Å²) < 4.78 is 0. The van der Waals surface area contributed by atoms with Crippen LogP contribution in [0.5, 0.6) is 0 Å². The van der Waals surface area contributed by atoms with Gasteiger partial charge in [-0.2, -0.15) is 0 Å². The van der Waals surface area contributed by atoms with Crippen molar-refractivity contribution in [3.8, 4) is 0 Å². The van der Waals surface area contributed by atoms with Crippen molar-refractivity contribution in [1.29, 1.82) is 0 Å². The van der Waals surface area contributed by atoms with E-state index in [9.17, 15) is 0 Å². The minimum Gasteiger partial charge on any atom is -0.507 e. The second kappa shape index (κ2) is 5.76. The highest BCUT2D eigenvalue weighted by Crippen LogP contribution is 2.23. The highest BCUT2D eigenvalue weighted by Gasteiger charge is 2.08. The lowest BCUT2D eigenvalue weighted by molar-refractivity contribution is 0.475. The highest BCUT2D eigenvalue weighted by molar-refractivity contribution is 5.78. The maximum atomic E-state index is 9.01. The van der Waals surface area contributed by atoms with Gasteiger partial charge in [0.05, 0.1) is 5.70 Å². The predicted molar refractivity (Wildman–Crippen MR) is 75.4 cm³/mol. The van der Waals surface area contributed by atoms with E-state index in [-0.39, 0.29) is 0 Å².